The fourth-order valence-electron chi connectivity index (χ4n) is 1.18. The number of carbonyl (C=O) groups is 1. The number of nitrogens with one attached hydrogen (secondary N) is 1. The van der Waals surface area contributed by atoms with Gasteiger partial charge in [-0.15, -0.1) is 0 Å². The van der Waals surface area contributed by atoms with Crippen molar-refractivity contribution in [3.8, 4) is 0 Å². The number of esters is 1. The lowest BCUT2D eigenvalue weighted by Crippen LogP contribution is -2.06. The van der Waals surface area contributed by atoms with Gasteiger partial charge in [-0.25, -0.2) is 10.3 Å². The molecule has 0 aliphatic carbocycles. The number of carbonyl (C=O) groups excluding carboxylic acids is 1. The normalized spacial score (nSPS) is 9.81. The van der Waals surface area contributed by atoms with Gasteiger partial charge in [-0.1, -0.05) is 13.3 Å². The molecule has 0 spiro atoms. The van der Waals surface area contributed by atoms with E-state index in [0.29, 0.717) is 23.5 Å². The van der Waals surface area contributed by atoms with Gasteiger partial charge in [0, 0.05) is 0 Å². The molecule has 16 heavy (non-hydrogen) atoms. The summed E-state index contributed by atoms with van der Waals surface area (Å²) in [4.78, 5) is 11.5. The van der Waals surface area contributed by atoms with E-state index in [0.717, 1.165) is 12.8 Å². The number of rotatable bonds is 5. The highest BCUT2D eigenvalue weighted by atomic mass is 16.5. The van der Waals surface area contributed by atoms with E-state index in [1.165, 1.54) is 12.1 Å². The third kappa shape index (κ3) is 3.05. The van der Waals surface area contributed by atoms with Crippen molar-refractivity contribution in [1.82, 2.24) is 0 Å². The SMILES string of the molecule is CCCCOC(=O)c1ccc(N=N)c(N)c1. The largest absolute Gasteiger partial charge is 0.462 e. The van der Waals surface area contributed by atoms with Gasteiger partial charge in [0.25, 0.3) is 0 Å². The summed E-state index contributed by atoms with van der Waals surface area (Å²) in [6.07, 6.45) is 1.83. The minimum Gasteiger partial charge on any atom is -0.462 e. The molecular weight excluding hydrogens is 206 g/mol. The predicted molar refractivity (Wildman–Crippen MR) is 60.9 cm³/mol. The molecule has 0 radical (unpaired) electrons. The summed E-state index contributed by atoms with van der Waals surface area (Å²) < 4.78 is 5.03. The third-order valence-electron chi connectivity index (χ3n) is 2.11. The molecule has 0 unspecified atom stereocenters. The van der Waals surface area contributed by atoms with Crippen molar-refractivity contribution in [2.75, 3.05) is 12.3 Å². The molecule has 86 valence electrons. The van der Waals surface area contributed by atoms with Crippen molar-refractivity contribution in [3.63, 3.8) is 0 Å². The van der Waals surface area contributed by atoms with Crippen LogP contribution in [0.5, 0.6) is 0 Å². The van der Waals surface area contributed by atoms with Crippen molar-refractivity contribution in [1.29, 1.82) is 5.53 Å². The fourth-order valence-corrected chi connectivity index (χ4v) is 1.18. The molecule has 0 atom stereocenters. The van der Waals surface area contributed by atoms with Crippen LogP contribution in [0.15, 0.2) is 23.3 Å². The molecule has 1 aromatic carbocycles. The number of nitrogens with two attached hydrogens (primary N) is 1. The number of nitrogen functional groups attached to an aromatic ring is 1. The monoisotopic (exact) mass is 221 g/mol. The Bertz CT molecular complexity index is 391. The Hall–Kier alpha value is -1.91. The quantitative estimate of drug-likeness (QED) is 0.347. The summed E-state index contributed by atoms with van der Waals surface area (Å²) in [5.74, 6) is -0.392. The van der Waals surface area contributed by atoms with Gasteiger partial charge in [0.1, 0.15) is 5.69 Å². The summed E-state index contributed by atoms with van der Waals surface area (Å²) in [7, 11) is 0. The van der Waals surface area contributed by atoms with E-state index in [4.69, 9.17) is 16.0 Å². The van der Waals surface area contributed by atoms with E-state index in [-0.39, 0.29) is 0 Å². The first kappa shape index (κ1) is 12.2. The van der Waals surface area contributed by atoms with Gasteiger partial charge in [-0.2, -0.15) is 5.11 Å². The lowest BCUT2D eigenvalue weighted by Gasteiger charge is -2.05. The lowest BCUT2D eigenvalue weighted by molar-refractivity contribution is 0.0500. The molecule has 3 N–H and O–H groups in total. The average Bonchev–Trinajstić information content (AvgIpc) is 2.29. The van der Waals surface area contributed by atoms with Crippen LogP contribution in [-0.4, -0.2) is 12.6 Å². The Labute approximate surface area is 94.1 Å². The molecule has 0 aliphatic rings. The molecule has 0 heterocycles. The summed E-state index contributed by atoms with van der Waals surface area (Å²) in [5, 5.41) is 3.22. The number of ether oxygens (including phenoxy) is 1. The van der Waals surface area contributed by atoms with Crippen LogP contribution in [-0.2, 0) is 4.74 Å². The predicted octanol–water partition coefficient (Wildman–Crippen LogP) is 2.89. The molecule has 5 nitrogen and oxygen atoms in total. The number of unbranched alkanes of at least 4 members (excludes halogenated alkanes) is 1. The number of hydrogen-bond donors (Lipinski definition) is 2. The van der Waals surface area contributed by atoms with Gasteiger partial charge in [-0.3, -0.25) is 0 Å². The maximum atomic E-state index is 11.5. The molecule has 0 saturated carbocycles. The number of benzene rings is 1. The molecule has 0 amide bonds. The Kier molecular flexibility index (Phi) is 4.44. The lowest BCUT2D eigenvalue weighted by atomic mass is 10.2. The molecule has 0 aliphatic heterocycles. The van der Waals surface area contributed by atoms with E-state index >= 15 is 0 Å². The second-order valence-corrected chi connectivity index (χ2v) is 3.37. The van der Waals surface area contributed by atoms with Crippen LogP contribution < -0.4 is 5.73 Å². The van der Waals surface area contributed by atoms with Crippen LogP contribution in [0, 0.1) is 5.53 Å². The molecule has 5 heteroatoms. The van der Waals surface area contributed by atoms with Gasteiger partial charge in [0.15, 0.2) is 0 Å². The first-order valence-electron chi connectivity index (χ1n) is 5.13. The average molecular weight is 221 g/mol. The summed E-state index contributed by atoms with van der Waals surface area (Å²) >= 11 is 0. The maximum absolute atomic E-state index is 11.5. The van der Waals surface area contributed by atoms with E-state index in [9.17, 15) is 4.79 Å². The zero-order valence-electron chi connectivity index (χ0n) is 9.19. The van der Waals surface area contributed by atoms with Crippen molar-refractivity contribution < 1.29 is 9.53 Å². The Morgan fingerprint density at radius 3 is 2.88 bits per heavy atom. The minimum atomic E-state index is -0.392. The van der Waals surface area contributed by atoms with Crippen LogP contribution >= 0.6 is 0 Å². The van der Waals surface area contributed by atoms with Gasteiger partial charge in [0.05, 0.1) is 17.9 Å². The van der Waals surface area contributed by atoms with Crippen LogP contribution in [0.25, 0.3) is 0 Å². The standard InChI is InChI=1S/C11H15N3O2/c1-2-3-6-16-11(15)8-4-5-10(14-13)9(12)7-8/h4-5,7,13H,2-3,6,12H2,1H3. The van der Waals surface area contributed by atoms with Gasteiger partial charge in [-0.05, 0) is 24.6 Å². The Morgan fingerprint density at radius 2 is 2.31 bits per heavy atom. The van der Waals surface area contributed by atoms with Gasteiger partial charge in [0.2, 0.25) is 0 Å². The van der Waals surface area contributed by atoms with Gasteiger partial charge >= 0.3 is 5.97 Å². The second kappa shape index (κ2) is 5.85. The number of hydrogen-bond acceptors (Lipinski definition) is 5. The first-order valence-corrected chi connectivity index (χ1v) is 5.13. The Morgan fingerprint density at radius 1 is 1.56 bits per heavy atom. The minimum absolute atomic E-state index is 0.306. The van der Waals surface area contributed by atoms with E-state index < -0.39 is 5.97 Å². The highest BCUT2D eigenvalue weighted by Crippen LogP contribution is 2.22. The van der Waals surface area contributed by atoms with Crippen molar-refractivity contribution in [3.05, 3.63) is 23.8 Å². The highest BCUT2D eigenvalue weighted by molar-refractivity contribution is 5.91. The molecule has 0 bridgehead atoms. The first-order chi connectivity index (χ1) is 7.69. The third-order valence-corrected chi connectivity index (χ3v) is 2.11. The fraction of sp³-hybridized carbons (Fsp3) is 0.364. The van der Waals surface area contributed by atoms with E-state index in [2.05, 4.69) is 5.11 Å². The van der Waals surface area contributed by atoms with Crippen LogP contribution in [0.2, 0.25) is 0 Å². The van der Waals surface area contributed by atoms with Crippen molar-refractivity contribution in [2.24, 2.45) is 5.11 Å². The smallest absolute Gasteiger partial charge is 0.338 e. The summed E-state index contributed by atoms with van der Waals surface area (Å²) in [6, 6.07) is 4.55. The van der Waals surface area contributed by atoms with Crippen LogP contribution in [0.3, 0.4) is 0 Å². The van der Waals surface area contributed by atoms with Gasteiger partial charge < -0.3 is 10.5 Å². The summed E-state index contributed by atoms with van der Waals surface area (Å²) in [6.45, 7) is 2.44. The van der Waals surface area contributed by atoms with Crippen LogP contribution in [0.4, 0.5) is 11.4 Å². The molecule has 0 aromatic heterocycles. The van der Waals surface area contributed by atoms with E-state index in [1.54, 1.807) is 6.07 Å². The van der Waals surface area contributed by atoms with Crippen molar-refractivity contribution in [2.45, 2.75) is 19.8 Å². The molecule has 1 aromatic rings. The van der Waals surface area contributed by atoms with Crippen molar-refractivity contribution >= 4 is 17.3 Å². The number of anilines is 1. The molecule has 0 saturated heterocycles. The summed E-state index contributed by atoms with van der Waals surface area (Å²) in [5.41, 5.74) is 13.5. The maximum Gasteiger partial charge on any atom is 0.338 e. The molecule has 0 fully saturated rings. The molecule has 1 rings (SSSR count). The van der Waals surface area contributed by atoms with Crippen LogP contribution in [0.1, 0.15) is 30.1 Å². The van der Waals surface area contributed by atoms with E-state index in [1.807, 2.05) is 6.92 Å². The highest BCUT2D eigenvalue weighted by Gasteiger charge is 2.08. The number of nitrogens with zero attached hydrogens (tertiary/aromatic N) is 1. The topological polar surface area (TPSA) is 88.5 Å². The zero-order chi connectivity index (χ0) is 12.0. The second-order valence-electron chi connectivity index (χ2n) is 3.37. The molecular formula is C11H15N3O2. The Balaban J connectivity index is 2.69. The zero-order valence-corrected chi connectivity index (χ0v) is 9.19.